The first-order valence-corrected chi connectivity index (χ1v) is 5.91. The standard InChI is InChI=1S/C13H18O6/c1-4-5-6-7-8(13(16)17)9(14)10(15)12(19-3)11(7)18-2/h14-15H,4-6H2,1-3H3,(H,16,17). The summed E-state index contributed by atoms with van der Waals surface area (Å²) in [4.78, 5) is 11.3. The monoisotopic (exact) mass is 270 g/mol. The molecule has 0 aliphatic rings. The molecule has 0 spiro atoms. The van der Waals surface area contributed by atoms with Crippen molar-refractivity contribution in [3.8, 4) is 23.0 Å². The van der Waals surface area contributed by atoms with Crippen molar-refractivity contribution in [1.82, 2.24) is 0 Å². The van der Waals surface area contributed by atoms with Crippen LogP contribution in [0.25, 0.3) is 0 Å². The van der Waals surface area contributed by atoms with Gasteiger partial charge < -0.3 is 24.8 Å². The van der Waals surface area contributed by atoms with Crippen LogP contribution >= 0.6 is 0 Å². The van der Waals surface area contributed by atoms with Crippen molar-refractivity contribution in [2.45, 2.75) is 26.2 Å². The molecule has 0 aliphatic carbocycles. The van der Waals surface area contributed by atoms with E-state index in [1.54, 1.807) is 0 Å². The fourth-order valence-electron chi connectivity index (χ4n) is 1.95. The van der Waals surface area contributed by atoms with Gasteiger partial charge in [0.2, 0.25) is 11.5 Å². The molecule has 0 aromatic heterocycles. The van der Waals surface area contributed by atoms with E-state index in [2.05, 4.69) is 0 Å². The maximum atomic E-state index is 11.3. The highest BCUT2D eigenvalue weighted by atomic mass is 16.5. The molecule has 106 valence electrons. The van der Waals surface area contributed by atoms with Gasteiger partial charge in [0.05, 0.1) is 14.2 Å². The van der Waals surface area contributed by atoms with Crippen LogP contribution in [-0.4, -0.2) is 35.5 Å². The molecular formula is C13H18O6. The number of phenolic OH excluding ortho intramolecular Hbond substituents is 1. The van der Waals surface area contributed by atoms with Crippen LogP contribution in [-0.2, 0) is 6.42 Å². The number of carboxylic acid groups (broad SMARTS) is 1. The van der Waals surface area contributed by atoms with Gasteiger partial charge in [0.1, 0.15) is 5.56 Å². The van der Waals surface area contributed by atoms with Crippen LogP contribution in [0.3, 0.4) is 0 Å². The van der Waals surface area contributed by atoms with Crippen LogP contribution in [0.4, 0.5) is 0 Å². The predicted octanol–water partition coefficient (Wildman–Crippen LogP) is 2.16. The molecule has 6 heteroatoms. The summed E-state index contributed by atoms with van der Waals surface area (Å²) in [6.45, 7) is 1.96. The Morgan fingerprint density at radius 2 is 1.68 bits per heavy atom. The molecular weight excluding hydrogens is 252 g/mol. The second kappa shape index (κ2) is 6.17. The molecule has 0 radical (unpaired) electrons. The Balaban J connectivity index is 3.61. The third-order valence-corrected chi connectivity index (χ3v) is 2.86. The van der Waals surface area contributed by atoms with Crippen molar-refractivity contribution in [1.29, 1.82) is 0 Å². The summed E-state index contributed by atoms with van der Waals surface area (Å²) in [5.74, 6) is -2.56. The Kier molecular flexibility index (Phi) is 4.86. The number of aromatic hydroxyl groups is 2. The molecule has 0 bridgehead atoms. The van der Waals surface area contributed by atoms with Crippen molar-refractivity contribution < 1.29 is 29.6 Å². The van der Waals surface area contributed by atoms with Gasteiger partial charge in [-0.1, -0.05) is 13.3 Å². The molecule has 1 rings (SSSR count). The number of ether oxygens (including phenoxy) is 2. The van der Waals surface area contributed by atoms with Gasteiger partial charge in [0, 0.05) is 5.56 Å². The van der Waals surface area contributed by atoms with Crippen molar-refractivity contribution in [2.75, 3.05) is 14.2 Å². The van der Waals surface area contributed by atoms with Crippen LogP contribution < -0.4 is 9.47 Å². The number of methoxy groups -OCH3 is 2. The lowest BCUT2D eigenvalue weighted by molar-refractivity contribution is 0.0691. The van der Waals surface area contributed by atoms with E-state index in [0.29, 0.717) is 12.0 Å². The second-order valence-corrected chi connectivity index (χ2v) is 4.03. The highest BCUT2D eigenvalue weighted by Crippen LogP contribution is 2.48. The predicted molar refractivity (Wildman–Crippen MR) is 68.4 cm³/mol. The average Bonchev–Trinajstić information content (AvgIpc) is 2.38. The first kappa shape index (κ1) is 14.9. The lowest BCUT2D eigenvalue weighted by atomic mass is 9.98. The number of hydrogen-bond donors (Lipinski definition) is 3. The summed E-state index contributed by atoms with van der Waals surface area (Å²) < 4.78 is 10.1. The molecule has 19 heavy (non-hydrogen) atoms. The number of rotatable bonds is 6. The average molecular weight is 270 g/mol. The Bertz CT molecular complexity index is 481. The van der Waals surface area contributed by atoms with Gasteiger partial charge in [-0.2, -0.15) is 0 Å². The van der Waals surface area contributed by atoms with Gasteiger partial charge in [-0.15, -0.1) is 0 Å². The maximum Gasteiger partial charge on any atom is 0.340 e. The summed E-state index contributed by atoms with van der Waals surface area (Å²) in [5.41, 5.74) is -0.0207. The van der Waals surface area contributed by atoms with Crippen molar-refractivity contribution in [2.24, 2.45) is 0 Å². The largest absolute Gasteiger partial charge is 0.504 e. The van der Waals surface area contributed by atoms with Crippen molar-refractivity contribution in [3.05, 3.63) is 11.1 Å². The Labute approximate surface area is 111 Å². The Morgan fingerprint density at radius 3 is 2.11 bits per heavy atom. The molecule has 0 fully saturated rings. The van der Waals surface area contributed by atoms with E-state index in [0.717, 1.165) is 12.8 Å². The molecule has 0 saturated carbocycles. The fraction of sp³-hybridized carbons (Fsp3) is 0.462. The topological polar surface area (TPSA) is 96.2 Å². The highest BCUT2D eigenvalue weighted by Gasteiger charge is 2.28. The fourth-order valence-corrected chi connectivity index (χ4v) is 1.95. The molecule has 0 heterocycles. The Hall–Kier alpha value is -2.11. The molecule has 6 nitrogen and oxygen atoms in total. The normalized spacial score (nSPS) is 10.3. The SMILES string of the molecule is CCCCc1c(OC)c(OC)c(O)c(O)c1C(=O)O. The van der Waals surface area contributed by atoms with Crippen LogP contribution in [0.2, 0.25) is 0 Å². The lowest BCUT2D eigenvalue weighted by Gasteiger charge is -2.18. The van der Waals surface area contributed by atoms with Gasteiger partial charge in [-0.25, -0.2) is 4.79 Å². The zero-order chi connectivity index (χ0) is 14.6. The summed E-state index contributed by atoms with van der Waals surface area (Å²) in [7, 11) is 2.66. The molecule has 0 amide bonds. The lowest BCUT2D eigenvalue weighted by Crippen LogP contribution is -2.07. The van der Waals surface area contributed by atoms with E-state index >= 15 is 0 Å². The zero-order valence-electron chi connectivity index (χ0n) is 11.2. The third-order valence-electron chi connectivity index (χ3n) is 2.86. The van der Waals surface area contributed by atoms with Gasteiger partial charge in [-0.05, 0) is 12.8 Å². The number of aromatic carboxylic acids is 1. The summed E-state index contributed by atoms with van der Waals surface area (Å²) in [6.07, 6.45) is 1.99. The number of benzene rings is 1. The minimum Gasteiger partial charge on any atom is -0.504 e. The highest BCUT2D eigenvalue weighted by molar-refractivity contribution is 5.95. The molecule has 1 aromatic carbocycles. The van der Waals surface area contributed by atoms with Gasteiger partial charge >= 0.3 is 5.97 Å². The summed E-state index contributed by atoms with van der Waals surface area (Å²) in [6, 6.07) is 0. The van der Waals surface area contributed by atoms with Crippen LogP contribution in [0.15, 0.2) is 0 Å². The minimum absolute atomic E-state index is 0.0592. The van der Waals surface area contributed by atoms with E-state index in [1.165, 1.54) is 14.2 Å². The molecule has 0 aliphatic heterocycles. The van der Waals surface area contributed by atoms with Crippen LogP contribution in [0.5, 0.6) is 23.0 Å². The molecule has 0 atom stereocenters. The van der Waals surface area contributed by atoms with Gasteiger partial charge in [0.25, 0.3) is 0 Å². The van der Waals surface area contributed by atoms with Crippen LogP contribution in [0.1, 0.15) is 35.7 Å². The van der Waals surface area contributed by atoms with E-state index in [9.17, 15) is 20.1 Å². The van der Waals surface area contributed by atoms with E-state index in [4.69, 9.17) is 9.47 Å². The molecule has 3 N–H and O–H groups in total. The zero-order valence-corrected chi connectivity index (χ0v) is 11.2. The smallest absolute Gasteiger partial charge is 0.340 e. The minimum atomic E-state index is -1.32. The molecule has 1 aromatic rings. The van der Waals surface area contributed by atoms with E-state index < -0.39 is 17.5 Å². The Morgan fingerprint density at radius 1 is 1.11 bits per heavy atom. The van der Waals surface area contributed by atoms with Gasteiger partial charge in [-0.3, -0.25) is 0 Å². The first-order chi connectivity index (χ1) is 8.99. The van der Waals surface area contributed by atoms with Crippen molar-refractivity contribution >= 4 is 5.97 Å². The second-order valence-electron chi connectivity index (χ2n) is 4.03. The maximum absolute atomic E-state index is 11.3. The summed E-state index contributed by atoms with van der Waals surface area (Å²) in [5, 5.41) is 28.8. The molecule has 0 unspecified atom stereocenters. The first-order valence-electron chi connectivity index (χ1n) is 5.91. The third kappa shape index (κ3) is 2.67. The van der Waals surface area contributed by atoms with Gasteiger partial charge in [0.15, 0.2) is 11.5 Å². The molecule has 0 saturated heterocycles. The summed E-state index contributed by atoms with van der Waals surface area (Å²) >= 11 is 0. The van der Waals surface area contributed by atoms with E-state index in [1.807, 2.05) is 6.92 Å². The number of carboxylic acids is 1. The number of unbranched alkanes of at least 4 members (excludes halogenated alkanes) is 1. The number of hydrogen-bond acceptors (Lipinski definition) is 5. The van der Waals surface area contributed by atoms with E-state index in [-0.39, 0.29) is 17.1 Å². The van der Waals surface area contributed by atoms with Crippen molar-refractivity contribution in [3.63, 3.8) is 0 Å². The van der Waals surface area contributed by atoms with Crippen LogP contribution in [0, 0.1) is 0 Å². The number of carbonyl (C=O) groups is 1. The quantitative estimate of drug-likeness (QED) is 0.685. The number of phenols is 2.